The standard InChI is InChI=1S/C31H22BrClN2O6/c32-22-9-3-19(4-10-22)31(40)41-24-13-7-17(8-14-24)25(36)16-34(28(37)18-5-11-23(33)12-6-18)35-29(38)26-20-1-2-21(15-20)27(26)30(35)39/h1-14,20-21,26-27H,15-16H2/t20-,21-,26-,27-/m0/s1. The molecule has 3 aromatic rings. The molecule has 1 aliphatic heterocycles. The number of hydrazine groups is 1. The van der Waals surface area contributed by atoms with Crippen molar-refractivity contribution in [2.45, 2.75) is 6.42 Å². The van der Waals surface area contributed by atoms with Gasteiger partial charge in [0.2, 0.25) is 0 Å². The van der Waals surface area contributed by atoms with Crippen molar-refractivity contribution in [1.82, 2.24) is 10.0 Å². The van der Waals surface area contributed by atoms with Gasteiger partial charge in [-0.05, 0) is 91.1 Å². The molecule has 1 saturated carbocycles. The van der Waals surface area contributed by atoms with Gasteiger partial charge >= 0.3 is 5.97 Å². The maximum absolute atomic E-state index is 13.6. The number of fused-ring (bicyclic) bond motifs is 5. The van der Waals surface area contributed by atoms with E-state index in [2.05, 4.69) is 15.9 Å². The Labute approximate surface area is 248 Å². The lowest BCUT2D eigenvalue weighted by Crippen LogP contribution is -2.52. The summed E-state index contributed by atoms with van der Waals surface area (Å²) in [4.78, 5) is 66.5. The van der Waals surface area contributed by atoms with E-state index in [1.165, 1.54) is 48.5 Å². The molecular formula is C31H22BrClN2O6. The van der Waals surface area contributed by atoms with E-state index in [1.807, 2.05) is 12.2 Å². The molecule has 2 aliphatic carbocycles. The molecule has 0 N–H and O–H groups in total. The quantitative estimate of drug-likeness (QED) is 0.114. The van der Waals surface area contributed by atoms with Crippen LogP contribution in [0.2, 0.25) is 5.02 Å². The molecule has 0 aromatic heterocycles. The third-order valence-corrected chi connectivity index (χ3v) is 8.55. The highest BCUT2D eigenvalue weighted by molar-refractivity contribution is 9.10. The fourth-order valence-corrected chi connectivity index (χ4v) is 6.18. The van der Waals surface area contributed by atoms with Gasteiger partial charge in [0.15, 0.2) is 5.78 Å². The third kappa shape index (κ3) is 5.00. The zero-order valence-electron chi connectivity index (χ0n) is 21.4. The van der Waals surface area contributed by atoms with Crippen LogP contribution >= 0.6 is 27.5 Å². The lowest BCUT2D eigenvalue weighted by molar-refractivity contribution is -0.154. The van der Waals surface area contributed by atoms with Crippen LogP contribution in [0.5, 0.6) is 5.75 Å². The monoisotopic (exact) mass is 632 g/mol. The number of rotatable bonds is 7. The molecule has 4 atom stereocenters. The summed E-state index contributed by atoms with van der Waals surface area (Å²) >= 11 is 9.30. The second-order valence-corrected chi connectivity index (χ2v) is 11.6. The van der Waals surface area contributed by atoms with Crippen LogP contribution in [0.4, 0.5) is 0 Å². The summed E-state index contributed by atoms with van der Waals surface area (Å²) in [5.41, 5.74) is 0.748. The predicted octanol–water partition coefficient (Wildman–Crippen LogP) is 5.37. The van der Waals surface area contributed by atoms with Gasteiger partial charge in [-0.2, -0.15) is 5.01 Å². The van der Waals surface area contributed by atoms with Gasteiger partial charge in [0.25, 0.3) is 17.7 Å². The highest BCUT2D eigenvalue weighted by atomic mass is 79.9. The van der Waals surface area contributed by atoms with Crippen molar-refractivity contribution in [2.75, 3.05) is 6.54 Å². The van der Waals surface area contributed by atoms with E-state index in [-0.39, 0.29) is 28.7 Å². The minimum atomic E-state index is -0.669. The van der Waals surface area contributed by atoms with Crippen LogP contribution in [-0.4, -0.2) is 46.0 Å². The first-order chi connectivity index (χ1) is 19.7. The third-order valence-electron chi connectivity index (χ3n) is 7.77. The van der Waals surface area contributed by atoms with Gasteiger partial charge in [-0.15, -0.1) is 0 Å². The first-order valence-electron chi connectivity index (χ1n) is 13.0. The molecule has 0 unspecified atom stereocenters. The van der Waals surface area contributed by atoms with Crippen molar-refractivity contribution in [3.8, 4) is 5.75 Å². The van der Waals surface area contributed by atoms with Crippen molar-refractivity contribution in [3.05, 3.63) is 111 Å². The molecule has 2 bridgehead atoms. The number of Topliss-reactive ketones (excluding diaryl/α,β-unsaturated/α-hetero) is 1. The number of esters is 1. The van der Waals surface area contributed by atoms with Crippen molar-refractivity contribution in [1.29, 1.82) is 0 Å². The summed E-state index contributed by atoms with van der Waals surface area (Å²) in [7, 11) is 0. The number of nitrogens with zero attached hydrogens (tertiary/aromatic N) is 2. The first-order valence-corrected chi connectivity index (χ1v) is 14.1. The minimum Gasteiger partial charge on any atom is -0.423 e. The van der Waals surface area contributed by atoms with Gasteiger partial charge < -0.3 is 4.74 Å². The van der Waals surface area contributed by atoms with E-state index in [4.69, 9.17) is 16.3 Å². The zero-order chi connectivity index (χ0) is 28.8. The van der Waals surface area contributed by atoms with E-state index in [0.29, 0.717) is 10.6 Å². The van der Waals surface area contributed by atoms with Crippen molar-refractivity contribution in [2.24, 2.45) is 23.7 Å². The molecule has 6 rings (SSSR count). The number of hydrogen-bond acceptors (Lipinski definition) is 6. The minimum absolute atomic E-state index is 0.0534. The number of ketones is 1. The fourth-order valence-electron chi connectivity index (χ4n) is 5.79. The number of benzene rings is 3. The lowest BCUT2D eigenvalue weighted by atomic mass is 9.85. The summed E-state index contributed by atoms with van der Waals surface area (Å²) in [6.45, 7) is -0.542. The number of ether oxygens (including phenoxy) is 1. The fraction of sp³-hybridized carbons (Fsp3) is 0.194. The van der Waals surface area contributed by atoms with Gasteiger partial charge in [-0.25, -0.2) is 9.80 Å². The normalized spacial score (nSPS) is 22.1. The van der Waals surface area contributed by atoms with E-state index in [9.17, 15) is 24.0 Å². The highest BCUT2D eigenvalue weighted by Gasteiger charge is 2.61. The Balaban J connectivity index is 1.23. The second kappa shape index (κ2) is 10.7. The van der Waals surface area contributed by atoms with Crippen molar-refractivity contribution < 1.29 is 28.7 Å². The zero-order valence-corrected chi connectivity index (χ0v) is 23.7. The van der Waals surface area contributed by atoms with Crippen LogP contribution in [0.25, 0.3) is 0 Å². The summed E-state index contributed by atoms with van der Waals surface area (Å²) < 4.78 is 6.22. The van der Waals surface area contributed by atoms with Gasteiger partial charge in [0.05, 0.1) is 17.4 Å². The molecule has 10 heteroatoms. The van der Waals surface area contributed by atoms with E-state index >= 15 is 0 Å². The maximum Gasteiger partial charge on any atom is 0.343 e. The van der Waals surface area contributed by atoms with E-state index < -0.39 is 47.9 Å². The Hall–Kier alpha value is -4.08. The largest absolute Gasteiger partial charge is 0.423 e. The number of hydrogen-bond donors (Lipinski definition) is 0. The van der Waals surface area contributed by atoms with Crippen LogP contribution in [0, 0.1) is 23.7 Å². The van der Waals surface area contributed by atoms with Gasteiger partial charge in [0, 0.05) is 20.6 Å². The molecule has 2 fully saturated rings. The van der Waals surface area contributed by atoms with E-state index in [0.717, 1.165) is 20.9 Å². The summed E-state index contributed by atoms with van der Waals surface area (Å²) in [5, 5.41) is 2.22. The second-order valence-electron chi connectivity index (χ2n) is 10.2. The van der Waals surface area contributed by atoms with Crippen LogP contribution in [0.3, 0.4) is 0 Å². The van der Waals surface area contributed by atoms with Crippen LogP contribution in [-0.2, 0) is 9.59 Å². The topological polar surface area (TPSA) is 101 Å². The number of amides is 3. The molecule has 3 amide bonds. The van der Waals surface area contributed by atoms with Gasteiger partial charge in [0.1, 0.15) is 12.3 Å². The van der Waals surface area contributed by atoms with Crippen LogP contribution < -0.4 is 4.74 Å². The molecule has 0 radical (unpaired) electrons. The number of allylic oxidation sites excluding steroid dienone is 2. The highest BCUT2D eigenvalue weighted by Crippen LogP contribution is 2.52. The Bertz CT molecular complexity index is 1570. The summed E-state index contributed by atoms with van der Waals surface area (Å²) in [6.07, 6.45) is 4.66. The first kappa shape index (κ1) is 27.1. The Morgan fingerprint density at radius 1 is 0.805 bits per heavy atom. The molecule has 3 aliphatic rings. The predicted molar refractivity (Wildman–Crippen MR) is 152 cm³/mol. The molecular weight excluding hydrogens is 612 g/mol. The number of carbonyl (C=O) groups is 5. The van der Waals surface area contributed by atoms with Crippen molar-refractivity contribution >= 4 is 57.0 Å². The number of imide groups is 1. The molecule has 1 saturated heterocycles. The van der Waals surface area contributed by atoms with Gasteiger partial charge in [-0.1, -0.05) is 39.7 Å². The molecule has 0 spiro atoms. The Kier molecular flexibility index (Phi) is 7.09. The molecule has 3 aromatic carbocycles. The smallest absolute Gasteiger partial charge is 0.343 e. The average molecular weight is 634 g/mol. The number of carbonyl (C=O) groups excluding carboxylic acids is 5. The molecule has 1 heterocycles. The molecule has 41 heavy (non-hydrogen) atoms. The Morgan fingerprint density at radius 3 is 1.93 bits per heavy atom. The maximum atomic E-state index is 13.6. The summed E-state index contributed by atoms with van der Waals surface area (Å²) in [6, 6.07) is 18.5. The van der Waals surface area contributed by atoms with E-state index in [1.54, 1.807) is 24.3 Å². The van der Waals surface area contributed by atoms with Crippen LogP contribution in [0.1, 0.15) is 37.5 Å². The molecule has 8 nitrogen and oxygen atoms in total. The Morgan fingerprint density at radius 2 is 1.34 bits per heavy atom. The molecule has 206 valence electrons. The van der Waals surface area contributed by atoms with Crippen molar-refractivity contribution in [3.63, 3.8) is 0 Å². The lowest BCUT2D eigenvalue weighted by Gasteiger charge is -2.30. The van der Waals surface area contributed by atoms with Crippen LogP contribution in [0.15, 0.2) is 89.4 Å². The SMILES string of the molecule is O=C(CN(C(=O)c1ccc(Cl)cc1)N1C(=O)[C@@H]2[C@@H](C1=O)[C@H]1C=C[C@H]2C1)c1ccc(OC(=O)c2ccc(Br)cc2)cc1. The average Bonchev–Trinajstić information content (AvgIpc) is 3.66. The summed E-state index contributed by atoms with van der Waals surface area (Å²) in [5.74, 6) is -3.62. The van der Waals surface area contributed by atoms with Gasteiger partial charge in [-0.3, -0.25) is 19.2 Å². The number of halogens is 2.